The quantitative estimate of drug-likeness (QED) is 0.882. The maximum absolute atomic E-state index is 12.3. The Morgan fingerprint density at radius 3 is 2.04 bits per heavy atom. The highest BCUT2D eigenvalue weighted by molar-refractivity contribution is 6.13. The molecule has 0 saturated carbocycles. The van der Waals surface area contributed by atoms with Gasteiger partial charge in [-0.3, -0.25) is 19.3 Å². The van der Waals surface area contributed by atoms with E-state index >= 15 is 0 Å². The number of nitrogens with zero attached hydrogens (tertiary/aromatic N) is 1. The van der Waals surface area contributed by atoms with Crippen LogP contribution in [0.15, 0.2) is 72.4 Å². The number of amides is 3. The van der Waals surface area contributed by atoms with Crippen molar-refractivity contribution in [3.05, 3.63) is 83.6 Å². The predicted molar refractivity (Wildman–Crippen MR) is 84.5 cm³/mol. The van der Waals surface area contributed by atoms with Crippen molar-refractivity contribution in [3.63, 3.8) is 0 Å². The zero-order valence-corrected chi connectivity index (χ0v) is 12.2. The normalized spacial score (nSPS) is 13.7. The molecule has 0 unspecified atom stereocenters. The number of hydrogen-bond acceptors (Lipinski definition) is 3. The highest BCUT2D eigenvalue weighted by Crippen LogP contribution is 2.14. The van der Waals surface area contributed by atoms with E-state index in [4.69, 9.17) is 0 Å². The van der Waals surface area contributed by atoms with Gasteiger partial charge in [0, 0.05) is 17.7 Å². The third kappa shape index (κ3) is 3.03. The van der Waals surface area contributed by atoms with Crippen LogP contribution in [0, 0.1) is 0 Å². The number of carbonyl (C=O) groups is 3. The van der Waals surface area contributed by atoms with Crippen molar-refractivity contribution in [3.8, 4) is 0 Å². The molecule has 114 valence electrons. The first-order valence-electron chi connectivity index (χ1n) is 7.14. The first kappa shape index (κ1) is 14.7. The van der Waals surface area contributed by atoms with Crippen LogP contribution in [0.1, 0.15) is 20.7 Å². The number of carbonyl (C=O) groups excluding carboxylic acids is 3. The van der Waals surface area contributed by atoms with Crippen LogP contribution >= 0.6 is 0 Å². The van der Waals surface area contributed by atoms with E-state index in [2.05, 4.69) is 5.32 Å². The molecule has 0 saturated heterocycles. The summed E-state index contributed by atoms with van der Waals surface area (Å²) in [6.45, 7) is 0.150. The van der Waals surface area contributed by atoms with Crippen molar-refractivity contribution >= 4 is 17.7 Å². The van der Waals surface area contributed by atoms with E-state index in [0.29, 0.717) is 11.1 Å². The lowest BCUT2D eigenvalue weighted by Crippen LogP contribution is -2.37. The molecule has 23 heavy (non-hydrogen) atoms. The molecule has 0 atom stereocenters. The Balaban J connectivity index is 1.69. The number of benzene rings is 2. The Hall–Kier alpha value is -3.21. The maximum atomic E-state index is 12.3. The second-order valence-corrected chi connectivity index (χ2v) is 5.02. The maximum Gasteiger partial charge on any atom is 0.277 e. The molecule has 0 aliphatic carbocycles. The monoisotopic (exact) mass is 306 g/mol. The molecule has 0 fully saturated rings. The van der Waals surface area contributed by atoms with Crippen molar-refractivity contribution in [2.75, 3.05) is 6.54 Å². The van der Waals surface area contributed by atoms with E-state index in [0.717, 1.165) is 4.90 Å². The van der Waals surface area contributed by atoms with Gasteiger partial charge in [-0.25, -0.2) is 0 Å². The summed E-state index contributed by atoms with van der Waals surface area (Å²) >= 11 is 0. The van der Waals surface area contributed by atoms with Crippen molar-refractivity contribution < 1.29 is 14.4 Å². The van der Waals surface area contributed by atoms with Crippen LogP contribution in [0.3, 0.4) is 0 Å². The fourth-order valence-electron chi connectivity index (χ4n) is 2.30. The molecule has 2 aromatic carbocycles. The van der Waals surface area contributed by atoms with Gasteiger partial charge < -0.3 is 5.32 Å². The SMILES string of the molecule is O=C(NC1=CCN(C(=O)c2ccccc2)C1=O)c1ccccc1. The fraction of sp³-hybridized carbons (Fsp3) is 0.0556. The minimum atomic E-state index is -0.497. The highest BCUT2D eigenvalue weighted by atomic mass is 16.2. The molecule has 3 amide bonds. The van der Waals surface area contributed by atoms with Crippen molar-refractivity contribution in [2.24, 2.45) is 0 Å². The summed E-state index contributed by atoms with van der Waals surface area (Å²) in [4.78, 5) is 37.8. The van der Waals surface area contributed by atoms with E-state index in [1.807, 2.05) is 0 Å². The van der Waals surface area contributed by atoms with Gasteiger partial charge in [0.2, 0.25) is 0 Å². The molecule has 0 aromatic heterocycles. The minimum Gasteiger partial charge on any atom is -0.318 e. The molecule has 5 heteroatoms. The van der Waals surface area contributed by atoms with E-state index < -0.39 is 5.91 Å². The summed E-state index contributed by atoms with van der Waals surface area (Å²) in [6, 6.07) is 17.2. The molecule has 1 aliphatic heterocycles. The van der Waals surface area contributed by atoms with Gasteiger partial charge in [-0.1, -0.05) is 36.4 Å². The lowest BCUT2D eigenvalue weighted by molar-refractivity contribution is -0.123. The minimum absolute atomic E-state index is 0.128. The Morgan fingerprint density at radius 2 is 1.43 bits per heavy atom. The Bertz CT molecular complexity index is 782. The van der Waals surface area contributed by atoms with Gasteiger partial charge >= 0.3 is 0 Å². The molecule has 1 N–H and O–H groups in total. The van der Waals surface area contributed by atoms with Gasteiger partial charge in [0.05, 0.1) is 0 Å². The summed E-state index contributed by atoms with van der Waals surface area (Å²) in [6.07, 6.45) is 1.55. The van der Waals surface area contributed by atoms with Crippen LogP contribution in [0.2, 0.25) is 0 Å². The third-order valence-electron chi connectivity index (χ3n) is 3.50. The second-order valence-electron chi connectivity index (χ2n) is 5.02. The molecule has 1 aliphatic rings. The smallest absolute Gasteiger partial charge is 0.277 e. The van der Waals surface area contributed by atoms with Gasteiger partial charge in [0.15, 0.2) is 0 Å². The molecular weight excluding hydrogens is 292 g/mol. The van der Waals surface area contributed by atoms with Crippen LogP contribution in [-0.2, 0) is 4.79 Å². The van der Waals surface area contributed by atoms with Crippen LogP contribution in [-0.4, -0.2) is 29.2 Å². The first-order valence-corrected chi connectivity index (χ1v) is 7.14. The van der Waals surface area contributed by atoms with Crippen molar-refractivity contribution in [2.45, 2.75) is 0 Å². The molecule has 3 rings (SSSR count). The zero-order valence-electron chi connectivity index (χ0n) is 12.2. The van der Waals surface area contributed by atoms with Crippen LogP contribution in [0.5, 0.6) is 0 Å². The van der Waals surface area contributed by atoms with E-state index in [-0.39, 0.29) is 24.1 Å². The standard InChI is InChI=1S/C18H14N2O3/c21-16(13-7-3-1-4-8-13)19-15-11-12-20(18(15)23)17(22)14-9-5-2-6-10-14/h1-11H,12H2,(H,19,21). The topological polar surface area (TPSA) is 66.5 Å². The average molecular weight is 306 g/mol. The van der Waals surface area contributed by atoms with E-state index in [9.17, 15) is 14.4 Å². The third-order valence-corrected chi connectivity index (χ3v) is 3.50. The highest BCUT2D eigenvalue weighted by Gasteiger charge is 2.30. The Labute approximate surface area is 133 Å². The van der Waals surface area contributed by atoms with Crippen molar-refractivity contribution in [1.82, 2.24) is 10.2 Å². The Kier molecular flexibility index (Phi) is 4.01. The molecule has 5 nitrogen and oxygen atoms in total. The molecule has 0 spiro atoms. The summed E-state index contributed by atoms with van der Waals surface area (Å²) in [5, 5.41) is 2.56. The van der Waals surface area contributed by atoms with Gasteiger partial charge in [0.25, 0.3) is 17.7 Å². The molecule has 1 heterocycles. The lowest BCUT2D eigenvalue weighted by atomic mass is 10.2. The summed E-state index contributed by atoms with van der Waals surface area (Å²) in [7, 11) is 0. The number of nitrogens with one attached hydrogen (secondary N) is 1. The largest absolute Gasteiger partial charge is 0.318 e. The summed E-state index contributed by atoms with van der Waals surface area (Å²) in [5.41, 5.74) is 1.02. The summed E-state index contributed by atoms with van der Waals surface area (Å²) < 4.78 is 0. The zero-order chi connectivity index (χ0) is 16.2. The van der Waals surface area contributed by atoms with Crippen molar-refractivity contribution in [1.29, 1.82) is 0 Å². The molecule has 2 aromatic rings. The fourth-order valence-corrected chi connectivity index (χ4v) is 2.30. The van der Waals surface area contributed by atoms with Crippen LogP contribution in [0.25, 0.3) is 0 Å². The lowest BCUT2D eigenvalue weighted by Gasteiger charge is -2.14. The van der Waals surface area contributed by atoms with E-state index in [1.54, 1.807) is 66.7 Å². The van der Waals surface area contributed by atoms with Gasteiger partial charge in [-0.05, 0) is 30.3 Å². The number of hydrogen-bond donors (Lipinski definition) is 1. The number of imide groups is 1. The molecule has 0 radical (unpaired) electrons. The Morgan fingerprint density at radius 1 is 0.870 bits per heavy atom. The van der Waals surface area contributed by atoms with Crippen LogP contribution in [0.4, 0.5) is 0 Å². The van der Waals surface area contributed by atoms with Gasteiger partial charge in [-0.15, -0.1) is 0 Å². The molecule has 0 bridgehead atoms. The molecular formula is C18H14N2O3. The number of rotatable bonds is 3. The van der Waals surface area contributed by atoms with Crippen LogP contribution < -0.4 is 5.32 Å². The second kappa shape index (κ2) is 6.27. The first-order chi connectivity index (χ1) is 11.2. The van der Waals surface area contributed by atoms with Gasteiger partial charge in [-0.2, -0.15) is 0 Å². The summed E-state index contributed by atoms with van der Waals surface area (Å²) in [5.74, 6) is -1.25. The predicted octanol–water partition coefficient (Wildman–Crippen LogP) is 1.98. The van der Waals surface area contributed by atoms with E-state index in [1.165, 1.54) is 0 Å². The average Bonchev–Trinajstić information content (AvgIpc) is 2.96. The van der Waals surface area contributed by atoms with Gasteiger partial charge in [0.1, 0.15) is 5.70 Å².